The molecule has 0 bridgehead atoms. The van der Waals surface area contributed by atoms with Crippen molar-refractivity contribution in [1.29, 1.82) is 0 Å². The maximum absolute atomic E-state index is 11.1. The van der Waals surface area contributed by atoms with Crippen LogP contribution in [-0.2, 0) is 14.3 Å². The molecular weight excluding hydrogens is 184 g/mol. The standard InChI is InChI=1S/C9H18N2O3/c1-2-13-4-3-11-9(12)7-14-8-5-10-6-8/h8,10H,2-7H2,1H3,(H,11,12). The molecule has 82 valence electrons. The first-order chi connectivity index (χ1) is 6.83. The summed E-state index contributed by atoms with van der Waals surface area (Å²) in [6, 6.07) is 0. The summed E-state index contributed by atoms with van der Waals surface area (Å²) in [6.07, 6.45) is 0.215. The molecule has 1 fully saturated rings. The van der Waals surface area contributed by atoms with Gasteiger partial charge in [0.1, 0.15) is 6.61 Å². The molecule has 0 aromatic carbocycles. The van der Waals surface area contributed by atoms with Crippen molar-refractivity contribution < 1.29 is 14.3 Å². The first kappa shape index (κ1) is 11.4. The van der Waals surface area contributed by atoms with Gasteiger partial charge < -0.3 is 20.1 Å². The Kier molecular flexibility index (Phi) is 5.51. The Morgan fingerprint density at radius 1 is 1.57 bits per heavy atom. The third-order valence-corrected chi connectivity index (χ3v) is 1.97. The van der Waals surface area contributed by atoms with Gasteiger partial charge in [0.25, 0.3) is 0 Å². The van der Waals surface area contributed by atoms with Gasteiger partial charge in [-0.1, -0.05) is 0 Å². The second-order valence-corrected chi connectivity index (χ2v) is 3.14. The van der Waals surface area contributed by atoms with Crippen LogP contribution in [0.1, 0.15) is 6.92 Å². The van der Waals surface area contributed by atoms with Crippen LogP contribution in [-0.4, -0.2) is 51.5 Å². The van der Waals surface area contributed by atoms with Crippen molar-refractivity contribution >= 4 is 5.91 Å². The van der Waals surface area contributed by atoms with Gasteiger partial charge in [0, 0.05) is 26.2 Å². The van der Waals surface area contributed by atoms with Crippen molar-refractivity contribution in [2.45, 2.75) is 13.0 Å². The summed E-state index contributed by atoms with van der Waals surface area (Å²) in [6.45, 7) is 5.58. The quantitative estimate of drug-likeness (QED) is 0.527. The first-order valence-electron chi connectivity index (χ1n) is 4.99. The van der Waals surface area contributed by atoms with Gasteiger partial charge in [0.2, 0.25) is 5.91 Å². The summed E-state index contributed by atoms with van der Waals surface area (Å²) < 4.78 is 10.4. The van der Waals surface area contributed by atoms with E-state index in [2.05, 4.69) is 10.6 Å². The highest BCUT2D eigenvalue weighted by Gasteiger charge is 2.17. The van der Waals surface area contributed by atoms with Crippen LogP contribution >= 0.6 is 0 Å². The van der Waals surface area contributed by atoms with Crippen molar-refractivity contribution in [3.63, 3.8) is 0 Å². The minimum absolute atomic E-state index is 0.0726. The van der Waals surface area contributed by atoms with E-state index in [9.17, 15) is 4.79 Å². The molecule has 0 saturated carbocycles. The number of carbonyl (C=O) groups is 1. The summed E-state index contributed by atoms with van der Waals surface area (Å²) in [5.74, 6) is -0.0726. The van der Waals surface area contributed by atoms with Crippen molar-refractivity contribution in [1.82, 2.24) is 10.6 Å². The van der Waals surface area contributed by atoms with E-state index in [1.54, 1.807) is 0 Å². The Hall–Kier alpha value is -0.650. The minimum Gasteiger partial charge on any atom is -0.380 e. The topological polar surface area (TPSA) is 59.6 Å². The summed E-state index contributed by atoms with van der Waals surface area (Å²) in [5, 5.41) is 5.78. The zero-order chi connectivity index (χ0) is 10.2. The van der Waals surface area contributed by atoms with E-state index < -0.39 is 0 Å². The van der Waals surface area contributed by atoms with E-state index in [1.165, 1.54) is 0 Å². The molecular formula is C9H18N2O3. The molecule has 0 spiro atoms. The number of hydrogen-bond donors (Lipinski definition) is 2. The Balaban J connectivity index is 1.87. The predicted octanol–water partition coefficient (Wildman–Crippen LogP) is -0.872. The Morgan fingerprint density at radius 3 is 2.93 bits per heavy atom. The molecule has 1 amide bonds. The predicted molar refractivity (Wildman–Crippen MR) is 52.1 cm³/mol. The summed E-state index contributed by atoms with van der Waals surface area (Å²) in [4.78, 5) is 11.1. The maximum Gasteiger partial charge on any atom is 0.246 e. The monoisotopic (exact) mass is 202 g/mol. The minimum atomic E-state index is -0.0726. The number of nitrogens with one attached hydrogen (secondary N) is 2. The molecule has 5 heteroatoms. The highest BCUT2D eigenvalue weighted by molar-refractivity contribution is 5.77. The molecule has 2 N–H and O–H groups in total. The molecule has 0 aromatic rings. The van der Waals surface area contributed by atoms with Crippen LogP contribution < -0.4 is 10.6 Å². The molecule has 0 aromatic heterocycles. The third kappa shape index (κ3) is 4.55. The normalized spacial score (nSPS) is 16.4. The van der Waals surface area contributed by atoms with Gasteiger partial charge in [-0.2, -0.15) is 0 Å². The smallest absolute Gasteiger partial charge is 0.246 e. The average molecular weight is 202 g/mol. The van der Waals surface area contributed by atoms with Gasteiger partial charge in [-0.15, -0.1) is 0 Å². The van der Waals surface area contributed by atoms with Crippen molar-refractivity contribution in [2.75, 3.05) is 39.5 Å². The molecule has 1 rings (SSSR count). The summed E-state index contributed by atoms with van der Waals surface area (Å²) in [5.41, 5.74) is 0. The lowest BCUT2D eigenvalue weighted by Gasteiger charge is -2.26. The zero-order valence-corrected chi connectivity index (χ0v) is 8.54. The van der Waals surface area contributed by atoms with Crippen LogP contribution in [0.3, 0.4) is 0 Å². The van der Waals surface area contributed by atoms with Gasteiger partial charge >= 0.3 is 0 Å². The molecule has 0 atom stereocenters. The van der Waals surface area contributed by atoms with Crippen LogP contribution in [0, 0.1) is 0 Å². The molecule has 0 radical (unpaired) electrons. The van der Waals surface area contributed by atoms with Crippen molar-refractivity contribution in [3.05, 3.63) is 0 Å². The van der Waals surface area contributed by atoms with Gasteiger partial charge in [-0.25, -0.2) is 0 Å². The number of rotatable bonds is 7. The lowest BCUT2D eigenvalue weighted by Crippen LogP contribution is -2.49. The SMILES string of the molecule is CCOCCNC(=O)COC1CNC1. The fraction of sp³-hybridized carbons (Fsp3) is 0.889. The molecule has 0 unspecified atom stereocenters. The van der Waals surface area contributed by atoms with E-state index in [-0.39, 0.29) is 18.6 Å². The van der Waals surface area contributed by atoms with E-state index in [4.69, 9.17) is 9.47 Å². The second kappa shape index (κ2) is 6.75. The van der Waals surface area contributed by atoms with Crippen LogP contribution in [0.4, 0.5) is 0 Å². The summed E-state index contributed by atoms with van der Waals surface area (Å²) in [7, 11) is 0. The fourth-order valence-corrected chi connectivity index (χ4v) is 1.03. The third-order valence-electron chi connectivity index (χ3n) is 1.97. The van der Waals surface area contributed by atoms with E-state index >= 15 is 0 Å². The Morgan fingerprint density at radius 2 is 2.36 bits per heavy atom. The number of carbonyl (C=O) groups excluding carboxylic acids is 1. The van der Waals surface area contributed by atoms with E-state index in [0.29, 0.717) is 19.8 Å². The second-order valence-electron chi connectivity index (χ2n) is 3.14. The van der Waals surface area contributed by atoms with E-state index in [0.717, 1.165) is 13.1 Å². The highest BCUT2D eigenvalue weighted by atomic mass is 16.5. The van der Waals surface area contributed by atoms with Gasteiger partial charge in [0.15, 0.2) is 0 Å². The van der Waals surface area contributed by atoms with Crippen LogP contribution in [0.15, 0.2) is 0 Å². The molecule has 0 aliphatic carbocycles. The maximum atomic E-state index is 11.1. The van der Waals surface area contributed by atoms with Crippen LogP contribution in [0.5, 0.6) is 0 Å². The molecule has 1 heterocycles. The van der Waals surface area contributed by atoms with Crippen LogP contribution in [0.25, 0.3) is 0 Å². The van der Waals surface area contributed by atoms with Gasteiger partial charge in [-0.3, -0.25) is 4.79 Å². The Labute approximate surface area is 84.1 Å². The lowest BCUT2D eigenvalue weighted by molar-refractivity contribution is -0.128. The first-order valence-corrected chi connectivity index (χ1v) is 4.99. The summed E-state index contributed by atoms with van der Waals surface area (Å²) >= 11 is 0. The Bertz CT molecular complexity index is 171. The molecule has 1 aliphatic rings. The largest absolute Gasteiger partial charge is 0.380 e. The number of hydrogen-bond acceptors (Lipinski definition) is 4. The number of amides is 1. The average Bonchev–Trinajstić information content (AvgIpc) is 2.10. The van der Waals surface area contributed by atoms with Crippen molar-refractivity contribution in [2.24, 2.45) is 0 Å². The molecule has 5 nitrogen and oxygen atoms in total. The van der Waals surface area contributed by atoms with Crippen LogP contribution in [0.2, 0.25) is 0 Å². The molecule has 14 heavy (non-hydrogen) atoms. The lowest BCUT2D eigenvalue weighted by atomic mass is 10.2. The highest BCUT2D eigenvalue weighted by Crippen LogP contribution is 1.96. The van der Waals surface area contributed by atoms with Gasteiger partial charge in [0.05, 0.1) is 12.7 Å². The van der Waals surface area contributed by atoms with Crippen molar-refractivity contribution in [3.8, 4) is 0 Å². The van der Waals surface area contributed by atoms with E-state index in [1.807, 2.05) is 6.92 Å². The van der Waals surface area contributed by atoms with Gasteiger partial charge in [-0.05, 0) is 6.92 Å². The number of ether oxygens (including phenoxy) is 2. The molecule has 1 saturated heterocycles. The molecule has 1 aliphatic heterocycles. The fourth-order valence-electron chi connectivity index (χ4n) is 1.03. The zero-order valence-electron chi connectivity index (χ0n) is 8.54.